The van der Waals surface area contributed by atoms with Gasteiger partial charge in [-0.3, -0.25) is 0 Å². The Hall–Kier alpha value is -5.45. The largest absolute Gasteiger partial charge is 0.308 e. The van der Waals surface area contributed by atoms with Crippen LogP contribution in [0.4, 0.5) is 0 Å². The molecule has 0 aliphatic heterocycles. The predicted octanol–water partition coefficient (Wildman–Crippen LogP) is 10.8. The van der Waals surface area contributed by atoms with Gasteiger partial charge in [-0.15, -0.1) is 11.3 Å². The molecule has 0 N–H and O–H groups in total. The van der Waals surface area contributed by atoms with Gasteiger partial charge in [-0.05, 0) is 48.5 Å². The number of thiophene rings is 1. The molecule has 43 heavy (non-hydrogen) atoms. The maximum absolute atomic E-state index is 5.20. The van der Waals surface area contributed by atoms with Crippen molar-refractivity contribution in [3.8, 4) is 16.9 Å². The van der Waals surface area contributed by atoms with Crippen LogP contribution in [-0.2, 0) is 0 Å². The first-order valence-electron chi connectivity index (χ1n) is 14.6. The highest BCUT2D eigenvalue weighted by atomic mass is 32.1. The molecule has 200 valence electrons. The maximum Gasteiger partial charge on any atom is 0.0950 e. The number of hydrogen-bond acceptors (Lipinski definition) is 2. The Balaban J connectivity index is 1.24. The summed E-state index contributed by atoms with van der Waals surface area (Å²) >= 11 is 1.89. The molecule has 4 heterocycles. The Kier molecular flexibility index (Phi) is 4.60. The monoisotopic (exact) mass is 565 g/mol. The second kappa shape index (κ2) is 8.54. The quantitative estimate of drug-likeness (QED) is 0.204. The third kappa shape index (κ3) is 3.16. The molecule has 6 aromatic carbocycles. The number of hydrogen-bond donors (Lipinski definition) is 0. The number of rotatable bonds is 2. The van der Waals surface area contributed by atoms with Crippen LogP contribution >= 0.6 is 11.3 Å². The molecule has 0 aliphatic rings. The molecule has 0 saturated carbocycles. The van der Waals surface area contributed by atoms with Crippen LogP contribution in [-0.4, -0.2) is 14.0 Å². The van der Waals surface area contributed by atoms with Crippen molar-refractivity contribution in [2.45, 2.75) is 0 Å². The van der Waals surface area contributed by atoms with Crippen LogP contribution in [0.5, 0.6) is 0 Å². The number of aromatic nitrogens is 3. The van der Waals surface area contributed by atoms with Crippen LogP contribution < -0.4 is 0 Å². The van der Waals surface area contributed by atoms with E-state index in [9.17, 15) is 0 Å². The summed E-state index contributed by atoms with van der Waals surface area (Å²) in [7, 11) is 0. The van der Waals surface area contributed by atoms with E-state index in [1.807, 2.05) is 11.3 Å². The lowest BCUT2D eigenvalue weighted by atomic mass is 10.1. The first kappa shape index (κ1) is 23.1. The summed E-state index contributed by atoms with van der Waals surface area (Å²) in [4.78, 5) is 5.20. The zero-order valence-corrected chi connectivity index (χ0v) is 23.8. The van der Waals surface area contributed by atoms with Crippen LogP contribution in [0, 0.1) is 0 Å². The normalized spacial score (nSPS) is 12.2. The van der Waals surface area contributed by atoms with E-state index in [0.29, 0.717) is 0 Å². The van der Waals surface area contributed by atoms with Crippen molar-refractivity contribution in [3.05, 3.63) is 140 Å². The van der Waals surface area contributed by atoms with E-state index in [0.717, 1.165) is 33.5 Å². The summed E-state index contributed by atoms with van der Waals surface area (Å²) in [6.45, 7) is 0. The highest BCUT2D eigenvalue weighted by Gasteiger charge is 2.18. The molecule has 0 fully saturated rings. The Morgan fingerprint density at radius 1 is 0.512 bits per heavy atom. The highest BCUT2D eigenvalue weighted by Crippen LogP contribution is 2.43. The molecule has 0 aliphatic carbocycles. The summed E-state index contributed by atoms with van der Waals surface area (Å²) in [5, 5.41) is 6.42. The van der Waals surface area contributed by atoms with Gasteiger partial charge in [0, 0.05) is 42.9 Å². The van der Waals surface area contributed by atoms with E-state index >= 15 is 0 Å². The number of para-hydroxylation sites is 4. The van der Waals surface area contributed by atoms with Gasteiger partial charge in [0.15, 0.2) is 0 Å². The first-order chi connectivity index (χ1) is 21.3. The molecular weight excluding hydrogens is 543 g/mol. The number of benzene rings is 6. The molecule has 4 aromatic heterocycles. The molecule has 0 amide bonds. The van der Waals surface area contributed by atoms with Gasteiger partial charge < -0.3 is 8.97 Å². The van der Waals surface area contributed by atoms with E-state index in [1.54, 1.807) is 0 Å². The molecule has 0 saturated heterocycles. The second-order valence-corrected chi connectivity index (χ2v) is 12.3. The summed E-state index contributed by atoms with van der Waals surface area (Å²) in [5.41, 5.74) is 10.2. The summed E-state index contributed by atoms with van der Waals surface area (Å²) < 4.78 is 7.45. The third-order valence-electron chi connectivity index (χ3n) is 8.89. The number of fused-ring (bicyclic) bond motifs is 12. The smallest absolute Gasteiger partial charge is 0.0950 e. The van der Waals surface area contributed by atoms with Crippen molar-refractivity contribution in [1.29, 1.82) is 0 Å². The SMILES string of the molecule is c1ccc2c(c1)cc1c(-c3ccc(-n4c5ccccc5c5ccc6c7ccccc7sc6c54)cc3)nc3ccccc3n12. The Morgan fingerprint density at radius 3 is 2.09 bits per heavy atom. The number of nitrogens with zero attached hydrogens (tertiary/aromatic N) is 3. The van der Waals surface area contributed by atoms with Crippen LogP contribution in [0.1, 0.15) is 0 Å². The molecule has 10 rings (SSSR count). The van der Waals surface area contributed by atoms with Crippen molar-refractivity contribution < 1.29 is 0 Å². The molecule has 0 bridgehead atoms. The van der Waals surface area contributed by atoms with E-state index in [2.05, 4.69) is 148 Å². The summed E-state index contributed by atoms with van der Waals surface area (Å²) in [6.07, 6.45) is 0. The average molecular weight is 566 g/mol. The minimum absolute atomic E-state index is 0.991. The van der Waals surface area contributed by atoms with Gasteiger partial charge in [0.2, 0.25) is 0 Å². The summed E-state index contributed by atoms with van der Waals surface area (Å²) in [5.74, 6) is 0. The van der Waals surface area contributed by atoms with Crippen LogP contribution in [0.2, 0.25) is 0 Å². The second-order valence-electron chi connectivity index (χ2n) is 11.2. The van der Waals surface area contributed by atoms with Crippen molar-refractivity contribution in [1.82, 2.24) is 14.0 Å². The topological polar surface area (TPSA) is 22.2 Å². The molecule has 10 aromatic rings. The van der Waals surface area contributed by atoms with Crippen LogP contribution in [0.3, 0.4) is 0 Å². The Bertz CT molecular complexity index is 2720. The van der Waals surface area contributed by atoms with Crippen molar-refractivity contribution in [2.75, 3.05) is 0 Å². The third-order valence-corrected chi connectivity index (χ3v) is 10.1. The van der Waals surface area contributed by atoms with Gasteiger partial charge in [-0.1, -0.05) is 91.0 Å². The molecule has 0 spiro atoms. The van der Waals surface area contributed by atoms with Gasteiger partial charge in [0.1, 0.15) is 0 Å². The molecule has 3 nitrogen and oxygen atoms in total. The van der Waals surface area contributed by atoms with Crippen molar-refractivity contribution >= 4 is 80.8 Å². The van der Waals surface area contributed by atoms with Gasteiger partial charge in [0.05, 0.1) is 43.5 Å². The van der Waals surface area contributed by atoms with Gasteiger partial charge in [-0.25, -0.2) is 4.98 Å². The van der Waals surface area contributed by atoms with Crippen LogP contribution in [0.15, 0.2) is 140 Å². The standard InChI is InChI=1S/C39H23N3S/c1-5-13-32-25(9-1)23-35-37(40-31-12-4-7-15-34(31)42(32)35)24-17-19-26(20-18-24)41-33-14-6-2-10-27(33)29-21-22-30-28-11-3-8-16-36(28)43-39(30)38(29)41/h1-23H. The lowest BCUT2D eigenvalue weighted by Crippen LogP contribution is -1.97. The summed E-state index contributed by atoms with van der Waals surface area (Å²) in [6, 6.07) is 50.4. The Labute approximate surface area is 250 Å². The zero-order valence-electron chi connectivity index (χ0n) is 23.0. The minimum atomic E-state index is 0.991. The predicted molar refractivity (Wildman–Crippen MR) is 183 cm³/mol. The molecule has 0 unspecified atom stereocenters. The van der Waals surface area contributed by atoms with E-state index in [1.165, 1.54) is 52.9 Å². The van der Waals surface area contributed by atoms with E-state index in [4.69, 9.17) is 4.98 Å². The fourth-order valence-corrected chi connectivity index (χ4v) is 8.23. The minimum Gasteiger partial charge on any atom is -0.308 e. The van der Waals surface area contributed by atoms with Crippen molar-refractivity contribution in [2.24, 2.45) is 0 Å². The molecular formula is C39H23N3S. The zero-order chi connectivity index (χ0) is 28.1. The average Bonchev–Trinajstić information content (AvgIpc) is 3.74. The van der Waals surface area contributed by atoms with Gasteiger partial charge in [-0.2, -0.15) is 0 Å². The van der Waals surface area contributed by atoms with Crippen LogP contribution in [0.25, 0.3) is 86.4 Å². The molecule has 0 radical (unpaired) electrons. The first-order valence-corrected chi connectivity index (χ1v) is 15.4. The lowest BCUT2D eigenvalue weighted by Gasteiger charge is -2.12. The maximum atomic E-state index is 5.20. The highest BCUT2D eigenvalue weighted by molar-refractivity contribution is 7.26. The fourth-order valence-electron chi connectivity index (χ4n) is 6.99. The van der Waals surface area contributed by atoms with Gasteiger partial charge >= 0.3 is 0 Å². The van der Waals surface area contributed by atoms with E-state index < -0.39 is 0 Å². The lowest BCUT2D eigenvalue weighted by molar-refractivity contribution is 1.19. The molecule has 4 heteroatoms. The van der Waals surface area contributed by atoms with Gasteiger partial charge in [0.25, 0.3) is 0 Å². The Morgan fingerprint density at radius 2 is 1.21 bits per heavy atom. The van der Waals surface area contributed by atoms with E-state index in [-0.39, 0.29) is 0 Å². The molecule has 0 atom stereocenters. The fraction of sp³-hybridized carbons (Fsp3) is 0. The van der Waals surface area contributed by atoms with Crippen molar-refractivity contribution in [3.63, 3.8) is 0 Å².